The molecule has 0 bridgehead atoms. The van der Waals surface area contributed by atoms with Crippen LogP contribution in [-0.4, -0.2) is 31.4 Å². The maximum absolute atomic E-state index is 12.1. The highest BCUT2D eigenvalue weighted by Gasteiger charge is 2.19. The maximum atomic E-state index is 12.1. The number of carbonyl (C=O) groups is 1. The Morgan fingerprint density at radius 2 is 2.08 bits per heavy atom. The molecule has 3 rings (SSSR count). The number of thioether (sulfide) groups is 1. The van der Waals surface area contributed by atoms with Gasteiger partial charge in [-0.25, -0.2) is 4.98 Å². The highest BCUT2D eigenvalue weighted by atomic mass is 32.2. The average Bonchev–Trinajstić information content (AvgIpc) is 3.32. The van der Waals surface area contributed by atoms with E-state index in [1.807, 2.05) is 5.38 Å². The fourth-order valence-electron chi connectivity index (χ4n) is 2.38. The molecule has 0 unspecified atom stereocenters. The fraction of sp³-hybridized carbons (Fsp3) is 0.412. The van der Waals surface area contributed by atoms with Gasteiger partial charge in [0, 0.05) is 33.4 Å². The SMILES string of the molecule is CC(C)c1cc(-c2nnc(SCC(=O)Nc3nccs3)n2C(C)C)cs1. The smallest absolute Gasteiger partial charge is 0.236 e. The molecule has 3 aromatic rings. The zero-order valence-electron chi connectivity index (χ0n) is 15.1. The van der Waals surface area contributed by atoms with Gasteiger partial charge in [-0.05, 0) is 25.8 Å². The molecule has 6 nitrogen and oxygen atoms in total. The van der Waals surface area contributed by atoms with E-state index in [1.54, 1.807) is 17.5 Å². The predicted molar refractivity (Wildman–Crippen MR) is 109 cm³/mol. The molecular weight excluding hydrogens is 386 g/mol. The summed E-state index contributed by atoms with van der Waals surface area (Å²) in [5.74, 6) is 1.52. The van der Waals surface area contributed by atoms with Crippen LogP contribution in [0.5, 0.6) is 0 Å². The van der Waals surface area contributed by atoms with Crippen molar-refractivity contribution in [3.05, 3.63) is 27.9 Å². The lowest BCUT2D eigenvalue weighted by Gasteiger charge is -2.13. The van der Waals surface area contributed by atoms with Crippen molar-refractivity contribution in [2.75, 3.05) is 11.1 Å². The van der Waals surface area contributed by atoms with Crippen LogP contribution >= 0.6 is 34.4 Å². The van der Waals surface area contributed by atoms with Crippen LogP contribution in [0.15, 0.2) is 28.2 Å². The minimum atomic E-state index is -0.0950. The summed E-state index contributed by atoms with van der Waals surface area (Å²) >= 11 is 4.54. The molecule has 0 spiro atoms. The van der Waals surface area contributed by atoms with Crippen molar-refractivity contribution in [3.8, 4) is 11.4 Å². The standard InChI is InChI=1S/C17H21N5OS3/c1-10(2)13-7-12(8-25-13)15-20-21-17(22(15)11(3)4)26-9-14(23)19-16-18-5-6-24-16/h5-8,10-11H,9H2,1-4H3,(H,18,19,23). The molecule has 9 heteroatoms. The number of rotatable bonds is 7. The topological polar surface area (TPSA) is 72.7 Å². The Balaban J connectivity index is 1.75. The van der Waals surface area contributed by atoms with Crippen molar-refractivity contribution in [1.82, 2.24) is 19.7 Å². The molecule has 0 aliphatic heterocycles. The molecule has 0 saturated heterocycles. The van der Waals surface area contributed by atoms with Crippen molar-refractivity contribution in [3.63, 3.8) is 0 Å². The molecule has 0 atom stereocenters. The maximum Gasteiger partial charge on any atom is 0.236 e. The summed E-state index contributed by atoms with van der Waals surface area (Å²) in [5.41, 5.74) is 1.08. The Morgan fingerprint density at radius 3 is 2.69 bits per heavy atom. The second-order valence-corrected chi connectivity index (χ2v) is 9.12. The van der Waals surface area contributed by atoms with Gasteiger partial charge in [0.1, 0.15) is 0 Å². The molecule has 3 heterocycles. The van der Waals surface area contributed by atoms with E-state index in [-0.39, 0.29) is 17.7 Å². The molecular formula is C17H21N5OS3. The van der Waals surface area contributed by atoms with Gasteiger partial charge >= 0.3 is 0 Å². The van der Waals surface area contributed by atoms with Crippen LogP contribution in [0.25, 0.3) is 11.4 Å². The molecule has 138 valence electrons. The first-order valence-electron chi connectivity index (χ1n) is 8.31. The van der Waals surface area contributed by atoms with Crippen LogP contribution < -0.4 is 5.32 Å². The molecule has 0 aliphatic carbocycles. The zero-order chi connectivity index (χ0) is 18.7. The third-order valence-corrected chi connectivity index (χ3v) is 6.50. The lowest BCUT2D eigenvalue weighted by atomic mass is 10.1. The van der Waals surface area contributed by atoms with Crippen LogP contribution in [0.3, 0.4) is 0 Å². The summed E-state index contributed by atoms with van der Waals surface area (Å²) in [6.07, 6.45) is 1.67. The van der Waals surface area contributed by atoms with Crippen LogP contribution in [0.2, 0.25) is 0 Å². The minimum absolute atomic E-state index is 0.0950. The number of amides is 1. The van der Waals surface area contributed by atoms with E-state index >= 15 is 0 Å². The van der Waals surface area contributed by atoms with E-state index in [0.29, 0.717) is 11.0 Å². The van der Waals surface area contributed by atoms with Gasteiger partial charge in [-0.2, -0.15) is 0 Å². The number of thiophene rings is 1. The normalized spacial score (nSPS) is 11.5. The van der Waals surface area contributed by atoms with Crippen molar-refractivity contribution < 1.29 is 4.79 Å². The van der Waals surface area contributed by atoms with Gasteiger partial charge in [0.2, 0.25) is 5.91 Å². The van der Waals surface area contributed by atoms with Crippen molar-refractivity contribution in [2.45, 2.75) is 44.8 Å². The lowest BCUT2D eigenvalue weighted by molar-refractivity contribution is -0.113. The van der Waals surface area contributed by atoms with Crippen LogP contribution in [0.4, 0.5) is 5.13 Å². The van der Waals surface area contributed by atoms with Gasteiger partial charge in [-0.1, -0.05) is 25.6 Å². The molecule has 0 aliphatic rings. The summed E-state index contributed by atoms with van der Waals surface area (Å²) in [7, 11) is 0. The summed E-state index contributed by atoms with van der Waals surface area (Å²) in [5, 5.41) is 16.8. The van der Waals surface area contributed by atoms with Crippen LogP contribution in [0.1, 0.15) is 44.5 Å². The lowest BCUT2D eigenvalue weighted by Crippen LogP contribution is -2.14. The summed E-state index contributed by atoms with van der Waals surface area (Å²) in [6, 6.07) is 2.38. The molecule has 0 fully saturated rings. The first-order valence-corrected chi connectivity index (χ1v) is 11.1. The third kappa shape index (κ3) is 4.33. The highest BCUT2D eigenvalue weighted by molar-refractivity contribution is 7.99. The number of thiazole rings is 1. The third-order valence-electron chi connectivity index (χ3n) is 3.64. The second kappa shape index (κ2) is 8.32. The van der Waals surface area contributed by atoms with Crippen molar-refractivity contribution in [1.29, 1.82) is 0 Å². The number of hydrogen-bond donors (Lipinski definition) is 1. The first kappa shape index (κ1) is 19.1. The molecule has 1 N–H and O–H groups in total. The summed E-state index contributed by atoms with van der Waals surface area (Å²) in [4.78, 5) is 17.5. The van der Waals surface area contributed by atoms with Crippen molar-refractivity contribution >= 4 is 45.5 Å². The minimum Gasteiger partial charge on any atom is -0.301 e. The monoisotopic (exact) mass is 407 g/mol. The number of carbonyl (C=O) groups excluding carboxylic acids is 1. The van der Waals surface area contributed by atoms with Crippen LogP contribution in [0, 0.1) is 0 Å². The molecule has 0 radical (unpaired) electrons. The largest absolute Gasteiger partial charge is 0.301 e. The number of anilines is 1. The zero-order valence-corrected chi connectivity index (χ0v) is 17.5. The quantitative estimate of drug-likeness (QED) is 0.564. The van der Waals surface area contributed by atoms with E-state index in [2.05, 4.69) is 64.2 Å². The Morgan fingerprint density at radius 1 is 1.27 bits per heavy atom. The Bertz CT molecular complexity index is 867. The van der Waals surface area contributed by atoms with E-state index < -0.39 is 0 Å². The summed E-state index contributed by atoms with van der Waals surface area (Å²) in [6.45, 7) is 8.57. The molecule has 26 heavy (non-hydrogen) atoms. The van der Waals surface area contributed by atoms with E-state index in [4.69, 9.17) is 0 Å². The van der Waals surface area contributed by atoms with Gasteiger partial charge in [0.15, 0.2) is 16.1 Å². The number of aromatic nitrogens is 4. The first-order chi connectivity index (χ1) is 12.5. The van der Waals surface area contributed by atoms with E-state index in [0.717, 1.165) is 16.5 Å². The predicted octanol–water partition coefficient (Wildman–Crippen LogP) is 4.90. The summed E-state index contributed by atoms with van der Waals surface area (Å²) < 4.78 is 2.09. The number of nitrogens with one attached hydrogen (secondary N) is 1. The molecule has 0 aromatic carbocycles. The van der Waals surface area contributed by atoms with Crippen molar-refractivity contribution in [2.24, 2.45) is 0 Å². The fourth-order valence-corrected chi connectivity index (χ4v) is 4.70. The molecule has 3 aromatic heterocycles. The van der Waals surface area contributed by atoms with E-state index in [1.165, 1.54) is 28.0 Å². The van der Waals surface area contributed by atoms with Gasteiger partial charge in [-0.3, -0.25) is 9.36 Å². The number of nitrogens with zero attached hydrogens (tertiary/aromatic N) is 4. The number of hydrogen-bond acceptors (Lipinski definition) is 7. The van der Waals surface area contributed by atoms with Gasteiger partial charge in [-0.15, -0.1) is 32.9 Å². The highest BCUT2D eigenvalue weighted by Crippen LogP contribution is 2.32. The molecule has 0 saturated carbocycles. The molecule has 1 amide bonds. The Labute approximate surface area is 165 Å². The van der Waals surface area contributed by atoms with Gasteiger partial charge in [0.05, 0.1) is 5.75 Å². The van der Waals surface area contributed by atoms with E-state index in [9.17, 15) is 4.79 Å². The van der Waals surface area contributed by atoms with Crippen LogP contribution in [-0.2, 0) is 4.79 Å². The Hall–Kier alpha value is -1.71. The second-order valence-electron chi connectivity index (χ2n) is 6.34. The van der Waals surface area contributed by atoms with Gasteiger partial charge < -0.3 is 5.32 Å². The van der Waals surface area contributed by atoms with Gasteiger partial charge in [0.25, 0.3) is 0 Å². The Kier molecular flexibility index (Phi) is 6.10. The average molecular weight is 408 g/mol.